The van der Waals surface area contributed by atoms with Crippen LogP contribution in [0.25, 0.3) is 0 Å². The van der Waals surface area contributed by atoms with Gasteiger partial charge < -0.3 is 15.3 Å². The number of anilines is 2. The Bertz CT molecular complexity index is 490. The average molecular weight is 281 g/mol. The van der Waals surface area contributed by atoms with Gasteiger partial charge in [-0.1, -0.05) is 0 Å². The van der Waals surface area contributed by atoms with Crippen molar-refractivity contribution >= 4 is 23.8 Å². The number of aryl methyl sites for hydroxylation is 1. The van der Waals surface area contributed by atoms with E-state index in [0.717, 1.165) is 5.69 Å². The molecule has 0 fully saturated rings. The predicted molar refractivity (Wildman–Crippen MR) is 75.0 cm³/mol. The third kappa shape index (κ3) is 5.51. The summed E-state index contributed by atoms with van der Waals surface area (Å²) >= 11 is 0. The Labute approximate surface area is 117 Å². The number of carboxylic acids is 1. The molecule has 0 aliphatic carbocycles. The van der Waals surface area contributed by atoms with Gasteiger partial charge >= 0.3 is 12.0 Å². The van der Waals surface area contributed by atoms with Crippen molar-refractivity contribution in [2.45, 2.75) is 19.8 Å². The lowest BCUT2D eigenvalue weighted by Crippen LogP contribution is -2.30. The Kier molecular flexibility index (Phi) is 5.70. The highest BCUT2D eigenvalue weighted by molar-refractivity contribution is 5.87. The van der Waals surface area contributed by atoms with Gasteiger partial charge in [0.05, 0.1) is 0 Å². The number of nitrogens with zero attached hydrogens (tertiary/aromatic N) is 3. The van der Waals surface area contributed by atoms with Gasteiger partial charge in [-0.3, -0.25) is 10.1 Å². The van der Waals surface area contributed by atoms with Gasteiger partial charge in [-0.2, -0.15) is 4.98 Å². The molecule has 110 valence electrons. The summed E-state index contributed by atoms with van der Waals surface area (Å²) in [5.41, 5.74) is 0.741. The van der Waals surface area contributed by atoms with E-state index in [2.05, 4.69) is 20.6 Å². The van der Waals surface area contributed by atoms with Gasteiger partial charge in [0, 0.05) is 38.8 Å². The Hall–Kier alpha value is -2.38. The third-order valence-corrected chi connectivity index (χ3v) is 2.38. The second-order valence-electron chi connectivity index (χ2n) is 4.46. The molecule has 1 aromatic heterocycles. The topological polar surface area (TPSA) is 107 Å². The molecule has 0 aromatic carbocycles. The van der Waals surface area contributed by atoms with Crippen molar-refractivity contribution in [1.82, 2.24) is 15.3 Å². The maximum Gasteiger partial charge on any atom is 0.321 e. The maximum absolute atomic E-state index is 11.6. The molecule has 0 saturated carbocycles. The Morgan fingerprint density at radius 2 is 2.05 bits per heavy atom. The molecule has 8 heteroatoms. The van der Waals surface area contributed by atoms with E-state index in [1.165, 1.54) is 0 Å². The Morgan fingerprint density at radius 3 is 2.65 bits per heavy atom. The van der Waals surface area contributed by atoms with E-state index in [1.54, 1.807) is 6.07 Å². The highest BCUT2D eigenvalue weighted by atomic mass is 16.4. The summed E-state index contributed by atoms with van der Waals surface area (Å²) in [7, 11) is 3.69. The lowest BCUT2D eigenvalue weighted by molar-refractivity contribution is -0.137. The zero-order valence-corrected chi connectivity index (χ0v) is 11.8. The van der Waals surface area contributed by atoms with E-state index in [4.69, 9.17) is 5.11 Å². The molecular formula is C12H19N5O3. The lowest BCUT2D eigenvalue weighted by atomic mass is 10.3. The summed E-state index contributed by atoms with van der Waals surface area (Å²) in [5.74, 6) is 0.0213. The number of urea groups is 1. The minimum absolute atomic E-state index is 0.0198. The molecule has 1 heterocycles. The summed E-state index contributed by atoms with van der Waals surface area (Å²) in [5, 5.41) is 13.5. The second kappa shape index (κ2) is 7.27. The fourth-order valence-electron chi connectivity index (χ4n) is 1.42. The van der Waals surface area contributed by atoms with Crippen LogP contribution in [0.1, 0.15) is 18.5 Å². The zero-order chi connectivity index (χ0) is 15.1. The molecule has 0 aliphatic heterocycles. The minimum Gasteiger partial charge on any atom is -0.481 e. The number of nitrogens with one attached hydrogen (secondary N) is 2. The Balaban J connectivity index is 2.51. The molecule has 0 bridgehead atoms. The van der Waals surface area contributed by atoms with Gasteiger partial charge in [0.2, 0.25) is 5.95 Å². The fourth-order valence-corrected chi connectivity index (χ4v) is 1.42. The molecule has 0 spiro atoms. The second-order valence-corrected chi connectivity index (χ2v) is 4.46. The summed E-state index contributed by atoms with van der Waals surface area (Å²) < 4.78 is 0. The SMILES string of the molecule is Cc1cc(N(C)C)nc(NC(=O)NCCCC(=O)O)n1. The van der Waals surface area contributed by atoms with E-state index >= 15 is 0 Å². The number of aliphatic carboxylic acids is 1. The number of carbonyl (C=O) groups is 2. The molecule has 1 rings (SSSR count). The number of rotatable bonds is 6. The largest absolute Gasteiger partial charge is 0.481 e. The van der Waals surface area contributed by atoms with Gasteiger partial charge in [-0.15, -0.1) is 0 Å². The van der Waals surface area contributed by atoms with Gasteiger partial charge in [0.1, 0.15) is 5.82 Å². The van der Waals surface area contributed by atoms with E-state index < -0.39 is 12.0 Å². The zero-order valence-electron chi connectivity index (χ0n) is 11.8. The smallest absolute Gasteiger partial charge is 0.321 e. The molecular weight excluding hydrogens is 262 g/mol. The van der Waals surface area contributed by atoms with Crippen LogP contribution in [-0.2, 0) is 4.79 Å². The Morgan fingerprint density at radius 1 is 1.35 bits per heavy atom. The summed E-state index contributed by atoms with van der Waals surface area (Å²) in [6.07, 6.45) is 0.395. The van der Waals surface area contributed by atoms with Crippen LogP contribution in [0.2, 0.25) is 0 Å². The summed E-state index contributed by atoms with van der Waals surface area (Å²) in [4.78, 5) is 32.0. The van der Waals surface area contributed by atoms with Crippen LogP contribution in [0.4, 0.5) is 16.6 Å². The van der Waals surface area contributed by atoms with Crippen LogP contribution >= 0.6 is 0 Å². The normalized spacial score (nSPS) is 9.95. The quantitative estimate of drug-likeness (QED) is 0.667. The van der Waals surface area contributed by atoms with Crippen molar-refractivity contribution in [3.05, 3.63) is 11.8 Å². The summed E-state index contributed by atoms with van der Waals surface area (Å²) in [6.45, 7) is 2.09. The molecule has 0 unspecified atom stereocenters. The molecule has 3 N–H and O–H groups in total. The van der Waals surface area contributed by atoms with Crippen molar-refractivity contribution in [2.24, 2.45) is 0 Å². The van der Waals surface area contributed by atoms with Crippen molar-refractivity contribution < 1.29 is 14.7 Å². The first-order chi connectivity index (χ1) is 9.38. The first kappa shape index (κ1) is 15.7. The molecule has 0 saturated heterocycles. The highest BCUT2D eigenvalue weighted by Gasteiger charge is 2.07. The van der Waals surface area contributed by atoms with Crippen molar-refractivity contribution in [3.63, 3.8) is 0 Å². The van der Waals surface area contributed by atoms with E-state index in [-0.39, 0.29) is 18.9 Å². The average Bonchev–Trinajstić information content (AvgIpc) is 2.33. The van der Waals surface area contributed by atoms with E-state index in [0.29, 0.717) is 12.2 Å². The molecule has 1 aromatic rings. The predicted octanol–water partition coefficient (Wildman–Crippen LogP) is 0.837. The highest BCUT2D eigenvalue weighted by Crippen LogP contribution is 2.11. The number of aromatic nitrogens is 2. The van der Waals surface area contributed by atoms with E-state index in [9.17, 15) is 9.59 Å². The van der Waals surface area contributed by atoms with E-state index in [1.807, 2.05) is 25.9 Å². The molecule has 0 atom stereocenters. The van der Waals surface area contributed by atoms with Crippen LogP contribution in [0.15, 0.2) is 6.07 Å². The van der Waals surface area contributed by atoms with Gasteiger partial charge in [-0.05, 0) is 13.3 Å². The molecule has 8 nitrogen and oxygen atoms in total. The minimum atomic E-state index is -0.884. The van der Waals surface area contributed by atoms with Crippen molar-refractivity contribution in [1.29, 1.82) is 0 Å². The molecule has 0 radical (unpaired) electrons. The number of amides is 2. The fraction of sp³-hybridized carbons (Fsp3) is 0.500. The molecule has 20 heavy (non-hydrogen) atoms. The molecule has 2 amide bonds. The van der Waals surface area contributed by atoms with Crippen LogP contribution in [0, 0.1) is 6.92 Å². The first-order valence-electron chi connectivity index (χ1n) is 6.18. The lowest BCUT2D eigenvalue weighted by Gasteiger charge is -2.13. The van der Waals surface area contributed by atoms with Crippen LogP contribution in [0.5, 0.6) is 0 Å². The first-order valence-corrected chi connectivity index (χ1v) is 6.18. The standard InChI is InChI=1S/C12H19N5O3/c1-8-7-9(17(2)3)15-11(14-8)16-12(20)13-6-4-5-10(18)19/h7H,4-6H2,1-3H3,(H,18,19)(H2,13,14,15,16,20). The number of carbonyl (C=O) groups excluding carboxylic acids is 1. The number of hydrogen-bond acceptors (Lipinski definition) is 5. The van der Waals surface area contributed by atoms with Gasteiger partial charge in [0.25, 0.3) is 0 Å². The summed E-state index contributed by atoms with van der Waals surface area (Å²) in [6, 6.07) is 1.35. The van der Waals surface area contributed by atoms with Crippen LogP contribution in [-0.4, -0.2) is 47.7 Å². The van der Waals surface area contributed by atoms with Gasteiger partial charge in [0.15, 0.2) is 0 Å². The number of hydrogen-bond donors (Lipinski definition) is 3. The van der Waals surface area contributed by atoms with Crippen LogP contribution < -0.4 is 15.5 Å². The molecule has 0 aliphatic rings. The van der Waals surface area contributed by atoms with Crippen molar-refractivity contribution in [2.75, 3.05) is 30.9 Å². The third-order valence-electron chi connectivity index (χ3n) is 2.38. The number of carboxylic acid groups (broad SMARTS) is 1. The maximum atomic E-state index is 11.6. The monoisotopic (exact) mass is 281 g/mol. The van der Waals surface area contributed by atoms with Gasteiger partial charge in [-0.25, -0.2) is 9.78 Å². The van der Waals surface area contributed by atoms with Crippen molar-refractivity contribution in [3.8, 4) is 0 Å². The van der Waals surface area contributed by atoms with Crippen LogP contribution in [0.3, 0.4) is 0 Å².